The molecular formula is C15H21NOS. The Morgan fingerprint density at radius 2 is 2.00 bits per heavy atom. The molecule has 1 heterocycles. The van der Waals surface area contributed by atoms with Gasteiger partial charge in [-0.2, -0.15) is 11.8 Å². The van der Waals surface area contributed by atoms with Crippen molar-refractivity contribution in [3.05, 3.63) is 35.6 Å². The van der Waals surface area contributed by atoms with E-state index in [-0.39, 0.29) is 10.8 Å². The van der Waals surface area contributed by atoms with Crippen LogP contribution in [0.3, 0.4) is 0 Å². The average Bonchev–Trinajstić information content (AvgIpc) is 2.67. The van der Waals surface area contributed by atoms with Gasteiger partial charge in [0.25, 0.3) is 0 Å². The fourth-order valence-corrected chi connectivity index (χ4v) is 2.63. The van der Waals surface area contributed by atoms with E-state index >= 15 is 0 Å². The van der Waals surface area contributed by atoms with Crippen molar-refractivity contribution in [1.29, 1.82) is 0 Å². The number of rotatable bonds is 3. The largest absolute Gasteiger partial charge is 0.459 e. The summed E-state index contributed by atoms with van der Waals surface area (Å²) in [5, 5.41) is 1.14. The van der Waals surface area contributed by atoms with E-state index in [1.165, 1.54) is 5.56 Å². The van der Waals surface area contributed by atoms with E-state index in [9.17, 15) is 0 Å². The highest BCUT2D eigenvalue weighted by atomic mass is 32.2. The van der Waals surface area contributed by atoms with Gasteiger partial charge in [-0.05, 0) is 25.1 Å². The molecule has 0 saturated heterocycles. The number of thioether (sulfide) groups is 1. The SMILES string of the molecule is Cc1ccc2oc(C(N)CSC(C)(C)C)cc2c1. The Hall–Kier alpha value is -0.930. The Labute approximate surface area is 113 Å². The molecule has 2 nitrogen and oxygen atoms in total. The second kappa shape index (κ2) is 4.98. The lowest BCUT2D eigenvalue weighted by Gasteiger charge is -2.19. The molecule has 1 unspecified atom stereocenters. The minimum Gasteiger partial charge on any atom is -0.459 e. The van der Waals surface area contributed by atoms with E-state index in [4.69, 9.17) is 10.2 Å². The molecule has 0 fully saturated rings. The monoisotopic (exact) mass is 263 g/mol. The molecule has 0 aliphatic carbocycles. The highest BCUT2D eigenvalue weighted by Crippen LogP contribution is 2.30. The number of nitrogens with two attached hydrogens (primary N) is 1. The molecule has 0 radical (unpaired) electrons. The molecule has 0 saturated carbocycles. The summed E-state index contributed by atoms with van der Waals surface area (Å²) in [6.07, 6.45) is 0. The Bertz CT molecular complexity index is 539. The van der Waals surface area contributed by atoms with E-state index in [0.29, 0.717) is 0 Å². The van der Waals surface area contributed by atoms with Crippen molar-refractivity contribution in [2.24, 2.45) is 5.73 Å². The highest BCUT2D eigenvalue weighted by molar-refractivity contribution is 8.00. The summed E-state index contributed by atoms with van der Waals surface area (Å²) >= 11 is 1.86. The van der Waals surface area contributed by atoms with Crippen LogP contribution in [0.25, 0.3) is 11.0 Å². The lowest BCUT2D eigenvalue weighted by molar-refractivity contribution is 0.515. The molecule has 2 N–H and O–H groups in total. The predicted octanol–water partition coefficient (Wildman–Crippen LogP) is 4.27. The van der Waals surface area contributed by atoms with Crippen LogP contribution in [-0.4, -0.2) is 10.5 Å². The van der Waals surface area contributed by atoms with Gasteiger partial charge >= 0.3 is 0 Å². The van der Waals surface area contributed by atoms with Gasteiger partial charge in [-0.1, -0.05) is 32.4 Å². The summed E-state index contributed by atoms with van der Waals surface area (Å²) < 4.78 is 6.05. The first-order chi connectivity index (χ1) is 8.35. The Balaban J connectivity index is 2.15. The summed E-state index contributed by atoms with van der Waals surface area (Å²) in [4.78, 5) is 0. The van der Waals surface area contributed by atoms with Gasteiger partial charge in [0.2, 0.25) is 0 Å². The van der Waals surface area contributed by atoms with Crippen LogP contribution in [0.1, 0.15) is 38.1 Å². The second-order valence-electron chi connectivity index (χ2n) is 5.72. The van der Waals surface area contributed by atoms with Crippen LogP contribution in [0.2, 0.25) is 0 Å². The first-order valence-corrected chi connectivity index (χ1v) is 7.23. The summed E-state index contributed by atoms with van der Waals surface area (Å²) in [5.41, 5.74) is 8.36. The molecule has 2 aromatic rings. The van der Waals surface area contributed by atoms with Gasteiger partial charge in [-0.3, -0.25) is 0 Å². The van der Waals surface area contributed by atoms with Crippen molar-refractivity contribution >= 4 is 22.7 Å². The van der Waals surface area contributed by atoms with Crippen molar-refractivity contribution in [3.63, 3.8) is 0 Å². The van der Waals surface area contributed by atoms with Crippen LogP contribution in [-0.2, 0) is 0 Å². The van der Waals surface area contributed by atoms with Crippen LogP contribution in [0.5, 0.6) is 0 Å². The van der Waals surface area contributed by atoms with Gasteiger partial charge in [0.15, 0.2) is 0 Å². The molecule has 3 heteroatoms. The van der Waals surface area contributed by atoms with Crippen LogP contribution >= 0.6 is 11.8 Å². The average molecular weight is 263 g/mol. The van der Waals surface area contributed by atoms with Crippen LogP contribution in [0.4, 0.5) is 0 Å². The van der Waals surface area contributed by atoms with Crippen molar-refractivity contribution in [3.8, 4) is 0 Å². The zero-order valence-electron chi connectivity index (χ0n) is 11.5. The lowest BCUT2D eigenvalue weighted by atomic mass is 10.1. The first-order valence-electron chi connectivity index (χ1n) is 6.25. The molecule has 1 atom stereocenters. The third-order valence-electron chi connectivity index (χ3n) is 2.75. The minimum absolute atomic E-state index is 0.0399. The van der Waals surface area contributed by atoms with E-state index in [1.54, 1.807) is 0 Å². The maximum absolute atomic E-state index is 6.19. The highest BCUT2D eigenvalue weighted by Gasteiger charge is 2.17. The summed E-state index contributed by atoms with van der Waals surface area (Å²) in [5.74, 6) is 1.76. The van der Waals surface area contributed by atoms with Gasteiger partial charge in [-0.25, -0.2) is 0 Å². The molecule has 18 heavy (non-hydrogen) atoms. The smallest absolute Gasteiger partial charge is 0.134 e. The number of hydrogen-bond acceptors (Lipinski definition) is 3. The Kier molecular flexibility index (Phi) is 3.74. The molecule has 0 amide bonds. The van der Waals surface area contributed by atoms with E-state index in [1.807, 2.05) is 17.8 Å². The van der Waals surface area contributed by atoms with Crippen molar-refractivity contribution in [1.82, 2.24) is 0 Å². The van der Waals surface area contributed by atoms with E-state index < -0.39 is 0 Å². The quantitative estimate of drug-likeness (QED) is 0.898. The molecule has 0 spiro atoms. The normalized spacial score (nSPS) is 14.1. The summed E-state index contributed by atoms with van der Waals surface area (Å²) in [6, 6.07) is 8.23. The van der Waals surface area contributed by atoms with Gasteiger partial charge in [0, 0.05) is 15.9 Å². The lowest BCUT2D eigenvalue weighted by Crippen LogP contribution is -2.17. The predicted molar refractivity (Wildman–Crippen MR) is 80.1 cm³/mol. The second-order valence-corrected chi connectivity index (χ2v) is 7.57. The maximum Gasteiger partial charge on any atom is 0.134 e. The third kappa shape index (κ3) is 3.30. The van der Waals surface area contributed by atoms with Crippen LogP contribution < -0.4 is 5.73 Å². The van der Waals surface area contributed by atoms with E-state index in [2.05, 4.69) is 45.9 Å². The Morgan fingerprint density at radius 1 is 1.28 bits per heavy atom. The van der Waals surface area contributed by atoms with Crippen molar-refractivity contribution in [2.45, 2.75) is 38.5 Å². The number of hydrogen-bond donors (Lipinski definition) is 1. The van der Waals surface area contributed by atoms with Crippen molar-refractivity contribution in [2.75, 3.05) is 5.75 Å². The van der Waals surface area contributed by atoms with E-state index in [0.717, 1.165) is 22.5 Å². The number of fused-ring (bicyclic) bond motifs is 1. The van der Waals surface area contributed by atoms with Gasteiger partial charge in [-0.15, -0.1) is 0 Å². The summed E-state index contributed by atoms with van der Waals surface area (Å²) in [6.45, 7) is 8.69. The molecular weight excluding hydrogens is 242 g/mol. The van der Waals surface area contributed by atoms with Crippen LogP contribution in [0.15, 0.2) is 28.7 Å². The third-order valence-corrected chi connectivity index (χ3v) is 4.14. The summed E-state index contributed by atoms with van der Waals surface area (Å²) in [7, 11) is 0. The molecule has 1 aromatic heterocycles. The Morgan fingerprint density at radius 3 is 2.67 bits per heavy atom. The fraction of sp³-hybridized carbons (Fsp3) is 0.467. The first kappa shape index (κ1) is 13.5. The topological polar surface area (TPSA) is 39.2 Å². The van der Waals surface area contributed by atoms with Gasteiger partial charge < -0.3 is 10.2 Å². The zero-order valence-corrected chi connectivity index (χ0v) is 12.3. The number of furan rings is 1. The molecule has 0 aliphatic rings. The number of aryl methyl sites for hydroxylation is 1. The fourth-order valence-electron chi connectivity index (χ4n) is 1.79. The molecule has 0 aliphatic heterocycles. The maximum atomic E-state index is 6.19. The van der Waals surface area contributed by atoms with Crippen LogP contribution in [0, 0.1) is 6.92 Å². The van der Waals surface area contributed by atoms with Gasteiger partial charge in [0.05, 0.1) is 6.04 Å². The molecule has 1 aromatic carbocycles. The number of benzene rings is 1. The zero-order chi connectivity index (χ0) is 13.3. The molecule has 98 valence electrons. The minimum atomic E-state index is -0.0399. The standard InChI is InChI=1S/C15H21NOS/c1-10-5-6-13-11(7-10)8-14(17-13)12(16)9-18-15(2,3)4/h5-8,12H,9,16H2,1-4H3. The van der Waals surface area contributed by atoms with Crippen molar-refractivity contribution < 1.29 is 4.42 Å². The molecule has 2 rings (SSSR count). The van der Waals surface area contributed by atoms with Gasteiger partial charge in [0.1, 0.15) is 11.3 Å². The molecule has 0 bridgehead atoms.